The molecule has 0 bridgehead atoms. The van der Waals surface area contributed by atoms with Gasteiger partial charge in [0.2, 0.25) is 11.5 Å². The van der Waals surface area contributed by atoms with Gasteiger partial charge in [0.05, 0.1) is 4.90 Å². The van der Waals surface area contributed by atoms with Crippen molar-refractivity contribution in [3.8, 4) is 11.5 Å². The van der Waals surface area contributed by atoms with Crippen molar-refractivity contribution < 1.29 is 23.2 Å². The maximum atomic E-state index is 10.5. The predicted molar refractivity (Wildman–Crippen MR) is 65.7 cm³/mol. The normalized spacial score (nSPS) is 10.8. The van der Waals surface area contributed by atoms with E-state index in [1.54, 1.807) is 12.1 Å². The lowest BCUT2D eigenvalue weighted by molar-refractivity contribution is 0.384. The lowest BCUT2D eigenvalue weighted by Crippen LogP contribution is -2.28. The Bertz CT molecular complexity index is 720. The second-order valence-electron chi connectivity index (χ2n) is 3.64. The summed E-state index contributed by atoms with van der Waals surface area (Å²) in [5.74, 6) is -1.65. The van der Waals surface area contributed by atoms with Gasteiger partial charge in [0.25, 0.3) is 21.0 Å². The number of benzene rings is 1. The monoisotopic (exact) mass is 286 g/mol. The summed E-state index contributed by atoms with van der Waals surface area (Å²) in [6, 6.07) is 5.99. The number of hydrogen-bond donors (Lipinski definition) is 3. The van der Waals surface area contributed by atoms with Crippen LogP contribution in [0.4, 0.5) is 0 Å². The Morgan fingerprint density at radius 2 is 1.26 bits per heavy atom. The van der Waals surface area contributed by atoms with Crippen molar-refractivity contribution in [1.82, 2.24) is 0 Å². The Morgan fingerprint density at radius 3 is 1.53 bits per heavy atom. The fraction of sp³-hybridized carbons (Fsp3) is 0.0909. The van der Waals surface area contributed by atoms with Crippen molar-refractivity contribution in [2.24, 2.45) is 0 Å². The molecule has 0 heterocycles. The fourth-order valence-corrected chi connectivity index (χ4v) is 1.56. The molecule has 0 aliphatic carbocycles. The Morgan fingerprint density at radius 1 is 0.895 bits per heavy atom. The minimum absolute atomic E-state index is 0.0666. The summed E-state index contributed by atoms with van der Waals surface area (Å²) in [7, 11) is -4.02. The van der Waals surface area contributed by atoms with Gasteiger partial charge in [-0.2, -0.15) is 8.42 Å². The zero-order chi connectivity index (χ0) is 14.8. The molecule has 0 amide bonds. The maximum absolute atomic E-state index is 10.5. The Labute approximate surface area is 107 Å². The summed E-state index contributed by atoms with van der Waals surface area (Å²) in [6.07, 6.45) is 0. The van der Waals surface area contributed by atoms with Crippen molar-refractivity contribution in [2.75, 3.05) is 0 Å². The van der Waals surface area contributed by atoms with Gasteiger partial charge in [0, 0.05) is 0 Å². The molecule has 2 rings (SSSR count). The van der Waals surface area contributed by atoms with Crippen LogP contribution < -0.4 is 10.9 Å². The van der Waals surface area contributed by atoms with E-state index in [0.29, 0.717) is 0 Å². The van der Waals surface area contributed by atoms with Crippen LogP contribution in [0.3, 0.4) is 0 Å². The molecule has 7 nitrogen and oxygen atoms in total. The third-order valence-electron chi connectivity index (χ3n) is 2.18. The molecule has 102 valence electrons. The van der Waals surface area contributed by atoms with E-state index in [1.165, 1.54) is 12.1 Å². The smallest absolute Gasteiger partial charge is 0.294 e. The Kier molecular flexibility index (Phi) is 4.07. The van der Waals surface area contributed by atoms with Gasteiger partial charge in [0.15, 0.2) is 0 Å². The minimum atomic E-state index is -4.02. The van der Waals surface area contributed by atoms with Crippen LogP contribution in [-0.4, -0.2) is 23.2 Å². The summed E-state index contributed by atoms with van der Waals surface area (Å²) in [4.78, 5) is 19.8. The third kappa shape index (κ3) is 3.39. The Hall–Kier alpha value is -2.19. The summed E-state index contributed by atoms with van der Waals surface area (Å²) in [5, 5.41) is 16.4. The SMILES string of the molecule is Cc1ccc(S(=O)(=O)O)cc1.O=c1c(O)c(O)c1=O. The first-order valence-corrected chi connectivity index (χ1v) is 6.34. The standard InChI is InChI=1S/C7H8O3S.C4H2O4/c1-6-2-4-7(5-3-6)11(8,9)10;5-1-2(6)4(8)3(1)7/h2-5H,1H3,(H,8,9,10);5-6H. The van der Waals surface area contributed by atoms with Crippen molar-refractivity contribution in [3.63, 3.8) is 0 Å². The lowest BCUT2D eigenvalue weighted by atomic mass is 10.2. The molecule has 2 aromatic rings. The highest BCUT2D eigenvalue weighted by molar-refractivity contribution is 7.85. The molecule has 0 aromatic heterocycles. The molecule has 0 aliphatic rings. The van der Waals surface area contributed by atoms with E-state index >= 15 is 0 Å². The molecule has 0 atom stereocenters. The van der Waals surface area contributed by atoms with Crippen LogP contribution in [0.1, 0.15) is 5.56 Å². The van der Waals surface area contributed by atoms with Gasteiger partial charge in [-0.15, -0.1) is 0 Å². The molecule has 0 radical (unpaired) electrons. The van der Waals surface area contributed by atoms with Crippen LogP contribution in [0.5, 0.6) is 11.5 Å². The molecule has 0 fully saturated rings. The highest BCUT2D eigenvalue weighted by Crippen LogP contribution is 2.13. The molecule has 8 heteroatoms. The van der Waals surface area contributed by atoms with E-state index in [0.717, 1.165) is 5.56 Å². The van der Waals surface area contributed by atoms with Gasteiger partial charge in [-0.1, -0.05) is 17.7 Å². The molecule has 2 aromatic carbocycles. The highest BCUT2D eigenvalue weighted by Gasteiger charge is 2.17. The molecular weight excluding hydrogens is 276 g/mol. The minimum Gasteiger partial charge on any atom is -0.501 e. The van der Waals surface area contributed by atoms with Gasteiger partial charge < -0.3 is 10.2 Å². The van der Waals surface area contributed by atoms with Crippen molar-refractivity contribution >= 4 is 10.1 Å². The maximum Gasteiger partial charge on any atom is 0.294 e. The molecule has 3 N–H and O–H groups in total. The van der Waals surface area contributed by atoms with E-state index in [4.69, 9.17) is 14.8 Å². The molecule has 0 unspecified atom stereocenters. The van der Waals surface area contributed by atoms with E-state index < -0.39 is 32.5 Å². The first-order valence-electron chi connectivity index (χ1n) is 4.90. The number of aryl methyl sites for hydroxylation is 1. The average molecular weight is 286 g/mol. The van der Waals surface area contributed by atoms with Crippen LogP contribution in [0.2, 0.25) is 0 Å². The first-order chi connectivity index (χ1) is 8.64. The molecule has 0 saturated heterocycles. The molecule has 0 aliphatic heterocycles. The van der Waals surface area contributed by atoms with Crippen LogP contribution in [0.15, 0.2) is 38.8 Å². The zero-order valence-corrected chi connectivity index (χ0v) is 10.5. The fourth-order valence-electron chi connectivity index (χ4n) is 1.08. The number of hydrogen-bond acceptors (Lipinski definition) is 6. The topological polar surface area (TPSA) is 129 Å². The van der Waals surface area contributed by atoms with Gasteiger partial charge in [-0.05, 0) is 19.1 Å². The summed E-state index contributed by atoms with van der Waals surface area (Å²) in [5.41, 5.74) is -1.07. The third-order valence-corrected chi connectivity index (χ3v) is 3.05. The Balaban J connectivity index is 0.000000200. The number of rotatable bonds is 1. The van der Waals surface area contributed by atoms with E-state index in [-0.39, 0.29) is 4.90 Å². The van der Waals surface area contributed by atoms with Gasteiger partial charge >= 0.3 is 0 Å². The summed E-state index contributed by atoms with van der Waals surface area (Å²) < 4.78 is 29.6. The summed E-state index contributed by atoms with van der Waals surface area (Å²) in [6.45, 7) is 1.84. The van der Waals surface area contributed by atoms with Crippen molar-refractivity contribution in [2.45, 2.75) is 11.8 Å². The first kappa shape index (κ1) is 14.9. The quantitative estimate of drug-likeness (QED) is 0.494. The lowest BCUT2D eigenvalue weighted by Gasteiger charge is -1.95. The van der Waals surface area contributed by atoms with E-state index in [1.807, 2.05) is 6.92 Å². The van der Waals surface area contributed by atoms with E-state index in [2.05, 4.69) is 0 Å². The summed E-state index contributed by atoms with van der Waals surface area (Å²) >= 11 is 0. The highest BCUT2D eigenvalue weighted by atomic mass is 32.2. The van der Waals surface area contributed by atoms with Gasteiger partial charge in [-0.25, -0.2) is 0 Å². The second kappa shape index (κ2) is 5.21. The largest absolute Gasteiger partial charge is 0.501 e. The molecule has 19 heavy (non-hydrogen) atoms. The average Bonchev–Trinajstić information content (AvgIpc) is 2.36. The molecule has 0 saturated carbocycles. The van der Waals surface area contributed by atoms with Gasteiger partial charge in [-0.3, -0.25) is 14.1 Å². The van der Waals surface area contributed by atoms with Crippen molar-refractivity contribution in [3.05, 3.63) is 50.3 Å². The van der Waals surface area contributed by atoms with E-state index in [9.17, 15) is 18.0 Å². The van der Waals surface area contributed by atoms with Gasteiger partial charge in [0.1, 0.15) is 0 Å². The van der Waals surface area contributed by atoms with Crippen LogP contribution in [0, 0.1) is 6.92 Å². The number of aromatic hydroxyl groups is 2. The van der Waals surface area contributed by atoms with Crippen molar-refractivity contribution in [1.29, 1.82) is 0 Å². The predicted octanol–water partition coefficient (Wildman–Crippen LogP) is -0.0645. The van der Waals surface area contributed by atoms with Crippen LogP contribution >= 0.6 is 0 Å². The van der Waals surface area contributed by atoms with Crippen LogP contribution in [0.25, 0.3) is 0 Å². The molecular formula is C11H10O7S. The molecule has 0 spiro atoms. The zero-order valence-electron chi connectivity index (χ0n) is 9.69. The van der Waals surface area contributed by atoms with Crippen LogP contribution in [-0.2, 0) is 10.1 Å². The second-order valence-corrected chi connectivity index (χ2v) is 5.07.